The van der Waals surface area contributed by atoms with Crippen LogP contribution in [0.3, 0.4) is 0 Å². The fraction of sp³-hybridized carbons (Fsp3) is 0.312. The minimum atomic E-state index is -4.81. The average Bonchev–Trinajstić information content (AvgIpc) is 2.89. The molecule has 0 aliphatic rings. The number of hydrogen-bond acceptors (Lipinski definition) is 3. The third kappa shape index (κ3) is 4.70. The number of carbonyl (C=O) groups excluding carboxylic acids is 1. The number of rotatable bonds is 5. The Labute approximate surface area is 167 Å². The van der Waals surface area contributed by atoms with Gasteiger partial charge in [0.2, 0.25) is 10.0 Å². The summed E-state index contributed by atoms with van der Waals surface area (Å²) in [6, 6.07) is -0.631. The first-order valence-corrected chi connectivity index (χ1v) is 9.72. The van der Waals surface area contributed by atoms with E-state index in [1.54, 1.807) is 0 Å². The Hall–Kier alpha value is -2.18. The van der Waals surface area contributed by atoms with Crippen molar-refractivity contribution in [3.63, 3.8) is 0 Å². The quantitative estimate of drug-likeness (QED) is 0.528. The molecule has 1 aromatic carbocycles. The highest BCUT2D eigenvalue weighted by Crippen LogP contribution is 2.28. The maximum absolute atomic E-state index is 14.0. The molecule has 0 bridgehead atoms. The lowest BCUT2D eigenvalue weighted by Gasteiger charge is -2.17. The first kappa shape index (κ1) is 23.1. The predicted molar refractivity (Wildman–Crippen MR) is 95.3 cm³/mol. The number of alkyl halides is 3. The number of amides is 1. The van der Waals surface area contributed by atoms with Crippen molar-refractivity contribution in [2.45, 2.75) is 31.0 Å². The van der Waals surface area contributed by atoms with E-state index in [1.807, 2.05) is 0 Å². The van der Waals surface area contributed by atoms with Gasteiger partial charge in [0.1, 0.15) is 27.5 Å². The van der Waals surface area contributed by atoms with E-state index in [9.17, 15) is 35.2 Å². The lowest BCUT2D eigenvalue weighted by atomic mass is 10.2. The van der Waals surface area contributed by atoms with Crippen LogP contribution in [-0.4, -0.2) is 31.1 Å². The van der Waals surface area contributed by atoms with Crippen LogP contribution in [0.4, 0.5) is 27.6 Å². The van der Waals surface area contributed by atoms with Crippen LogP contribution >= 0.6 is 11.6 Å². The standard InChI is InChI=1S/C16H15ClF5N3O3S/c1-7-11(29(27,28)24-8(2)16(20,21)22)6-25(3)14(7)15(26)23-10-5-4-9(18)12(17)13(10)19/h4-6,8,24H,1-3H3,(H,23,26). The Morgan fingerprint density at radius 2 is 1.83 bits per heavy atom. The largest absolute Gasteiger partial charge is 0.404 e. The van der Waals surface area contributed by atoms with Crippen molar-refractivity contribution in [3.8, 4) is 0 Å². The van der Waals surface area contributed by atoms with Gasteiger partial charge in [-0.05, 0) is 31.5 Å². The van der Waals surface area contributed by atoms with E-state index in [-0.39, 0.29) is 11.3 Å². The number of nitrogens with zero attached hydrogens (tertiary/aromatic N) is 1. The SMILES string of the molecule is Cc1c(S(=O)(=O)NC(C)C(F)(F)F)cn(C)c1C(=O)Nc1ccc(F)c(Cl)c1F. The minimum absolute atomic E-state index is 0.166. The molecule has 160 valence electrons. The number of nitrogens with one attached hydrogen (secondary N) is 2. The van der Waals surface area contributed by atoms with Gasteiger partial charge >= 0.3 is 6.18 Å². The number of aryl methyl sites for hydroxylation is 1. The summed E-state index contributed by atoms with van der Waals surface area (Å²) in [5.41, 5.74) is -0.888. The molecule has 0 fully saturated rings. The smallest absolute Gasteiger partial charge is 0.345 e. The molecule has 29 heavy (non-hydrogen) atoms. The van der Waals surface area contributed by atoms with Crippen molar-refractivity contribution in [3.05, 3.63) is 46.2 Å². The zero-order chi connectivity index (χ0) is 22.3. The molecule has 6 nitrogen and oxygen atoms in total. The minimum Gasteiger partial charge on any atom is -0.345 e. The van der Waals surface area contributed by atoms with Crippen molar-refractivity contribution in [1.82, 2.24) is 9.29 Å². The van der Waals surface area contributed by atoms with E-state index in [2.05, 4.69) is 5.32 Å². The van der Waals surface area contributed by atoms with Crippen LogP contribution in [0.25, 0.3) is 0 Å². The Kier molecular flexibility index (Phi) is 6.31. The highest BCUT2D eigenvalue weighted by molar-refractivity contribution is 7.89. The van der Waals surface area contributed by atoms with Crippen LogP contribution in [0.15, 0.2) is 23.2 Å². The molecule has 2 rings (SSSR count). The molecule has 0 saturated carbocycles. The Morgan fingerprint density at radius 3 is 2.38 bits per heavy atom. The Balaban J connectivity index is 2.39. The Morgan fingerprint density at radius 1 is 1.24 bits per heavy atom. The van der Waals surface area contributed by atoms with Gasteiger partial charge in [0.05, 0.1) is 5.69 Å². The lowest BCUT2D eigenvalue weighted by Crippen LogP contribution is -2.43. The van der Waals surface area contributed by atoms with Crippen LogP contribution in [0.5, 0.6) is 0 Å². The molecule has 1 atom stereocenters. The summed E-state index contributed by atoms with van der Waals surface area (Å²) in [7, 11) is -3.34. The maximum Gasteiger partial charge on any atom is 0.404 e. The first-order valence-electron chi connectivity index (χ1n) is 7.86. The number of halogens is 6. The van der Waals surface area contributed by atoms with Crippen LogP contribution in [0.1, 0.15) is 23.0 Å². The summed E-state index contributed by atoms with van der Waals surface area (Å²) >= 11 is 5.44. The number of anilines is 1. The molecule has 0 aliphatic heterocycles. The zero-order valence-corrected chi connectivity index (χ0v) is 16.7. The fourth-order valence-corrected chi connectivity index (χ4v) is 4.17. The van der Waals surface area contributed by atoms with E-state index in [0.29, 0.717) is 6.92 Å². The number of carbonyl (C=O) groups is 1. The lowest BCUT2D eigenvalue weighted by molar-refractivity contribution is -0.147. The van der Waals surface area contributed by atoms with Crippen LogP contribution in [0, 0.1) is 18.6 Å². The molecule has 0 spiro atoms. The molecule has 2 N–H and O–H groups in total. The van der Waals surface area contributed by atoms with Gasteiger partial charge in [-0.2, -0.15) is 17.9 Å². The topological polar surface area (TPSA) is 80.2 Å². The number of benzene rings is 1. The third-order valence-corrected chi connectivity index (χ3v) is 6.00. The molecule has 2 aromatic rings. The number of aromatic nitrogens is 1. The molecule has 1 aromatic heterocycles. The van der Waals surface area contributed by atoms with E-state index in [4.69, 9.17) is 11.6 Å². The molecule has 1 heterocycles. The second-order valence-electron chi connectivity index (χ2n) is 6.14. The van der Waals surface area contributed by atoms with Gasteiger partial charge in [-0.15, -0.1) is 0 Å². The maximum atomic E-state index is 14.0. The second kappa shape index (κ2) is 7.92. The summed E-state index contributed by atoms with van der Waals surface area (Å²) < 4.78 is 92.4. The van der Waals surface area contributed by atoms with Crippen LogP contribution < -0.4 is 10.0 Å². The second-order valence-corrected chi connectivity index (χ2v) is 8.20. The van der Waals surface area contributed by atoms with E-state index in [1.165, 1.54) is 18.7 Å². The first-order chi connectivity index (χ1) is 13.2. The summed E-state index contributed by atoms with van der Waals surface area (Å²) in [6.45, 7) is 1.83. The van der Waals surface area contributed by atoms with Crippen molar-refractivity contribution in [2.24, 2.45) is 7.05 Å². The Bertz CT molecular complexity index is 1070. The van der Waals surface area contributed by atoms with E-state index in [0.717, 1.165) is 22.9 Å². The van der Waals surface area contributed by atoms with Crippen molar-refractivity contribution in [2.75, 3.05) is 5.32 Å². The molecule has 0 aliphatic carbocycles. The van der Waals surface area contributed by atoms with Crippen molar-refractivity contribution < 1.29 is 35.2 Å². The molecule has 1 amide bonds. The van der Waals surface area contributed by atoms with Gasteiger partial charge in [-0.1, -0.05) is 11.6 Å². The molecule has 0 radical (unpaired) electrons. The van der Waals surface area contributed by atoms with Gasteiger partial charge in [0, 0.05) is 13.2 Å². The summed E-state index contributed by atoms with van der Waals surface area (Å²) in [5, 5.41) is 1.28. The van der Waals surface area contributed by atoms with Gasteiger partial charge in [0.15, 0.2) is 5.82 Å². The van der Waals surface area contributed by atoms with Crippen LogP contribution in [-0.2, 0) is 17.1 Å². The monoisotopic (exact) mass is 459 g/mol. The molecular weight excluding hydrogens is 445 g/mol. The number of hydrogen-bond donors (Lipinski definition) is 2. The fourth-order valence-electron chi connectivity index (χ4n) is 2.49. The molecule has 13 heteroatoms. The van der Waals surface area contributed by atoms with E-state index < -0.39 is 55.4 Å². The zero-order valence-electron chi connectivity index (χ0n) is 15.2. The summed E-state index contributed by atoms with van der Waals surface area (Å²) in [5.74, 6) is -3.26. The third-order valence-electron chi connectivity index (χ3n) is 4.00. The summed E-state index contributed by atoms with van der Waals surface area (Å²) in [6.07, 6.45) is -3.86. The molecule has 0 saturated heterocycles. The highest BCUT2D eigenvalue weighted by atomic mass is 35.5. The number of sulfonamides is 1. The normalized spacial score (nSPS) is 13.4. The van der Waals surface area contributed by atoms with E-state index >= 15 is 0 Å². The highest BCUT2D eigenvalue weighted by Gasteiger charge is 2.39. The molecule has 1 unspecified atom stereocenters. The van der Waals surface area contributed by atoms with Gasteiger partial charge < -0.3 is 9.88 Å². The molecular formula is C16H15ClF5N3O3S. The predicted octanol–water partition coefficient (Wildman–Crippen LogP) is 3.75. The summed E-state index contributed by atoms with van der Waals surface area (Å²) in [4.78, 5) is 11.9. The van der Waals surface area contributed by atoms with Gasteiger partial charge in [0.25, 0.3) is 5.91 Å². The van der Waals surface area contributed by atoms with Crippen molar-refractivity contribution in [1.29, 1.82) is 0 Å². The van der Waals surface area contributed by atoms with Gasteiger partial charge in [-0.3, -0.25) is 4.79 Å². The van der Waals surface area contributed by atoms with Gasteiger partial charge in [-0.25, -0.2) is 17.2 Å². The van der Waals surface area contributed by atoms with Crippen LogP contribution in [0.2, 0.25) is 5.02 Å². The average molecular weight is 460 g/mol. The van der Waals surface area contributed by atoms with Crippen molar-refractivity contribution >= 4 is 33.2 Å².